The first kappa shape index (κ1) is 15.8. The maximum absolute atomic E-state index is 12.0. The number of aryl methyl sites for hydroxylation is 1. The molecule has 4 nitrogen and oxygen atoms in total. The predicted octanol–water partition coefficient (Wildman–Crippen LogP) is 4.49. The standard InChI is InChI=1S/C17H14Cl2N2O2/c1-10-3-6-15-13(7-10)16(17(22)23-2)20-21(15)9-11-4-5-12(18)8-14(11)19/h3-8H,9H2,1-2H3. The molecule has 0 N–H and O–H groups in total. The van der Waals surface area contributed by atoms with Crippen LogP contribution in [0.5, 0.6) is 0 Å². The van der Waals surface area contributed by atoms with Crippen LogP contribution in [-0.2, 0) is 11.3 Å². The van der Waals surface area contributed by atoms with Crippen LogP contribution in [0.15, 0.2) is 36.4 Å². The van der Waals surface area contributed by atoms with Crippen molar-refractivity contribution in [2.24, 2.45) is 0 Å². The fourth-order valence-corrected chi connectivity index (χ4v) is 2.94. The van der Waals surface area contributed by atoms with Gasteiger partial charge in [0.05, 0.1) is 19.2 Å². The lowest BCUT2D eigenvalue weighted by Crippen LogP contribution is -2.06. The van der Waals surface area contributed by atoms with Crippen LogP contribution in [0.4, 0.5) is 0 Å². The van der Waals surface area contributed by atoms with E-state index in [0.29, 0.717) is 22.3 Å². The molecule has 3 rings (SSSR count). The Morgan fingerprint density at radius 1 is 1.22 bits per heavy atom. The van der Waals surface area contributed by atoms with Crippen molar-refractivity contribution in [1.82, 2.24) is 9.78 Å². The van der Waals surface area contributed by atoms with Gasteiger partial charge in [0, 0.05) is 15.4 Å². The van der Waals surface area contributed by atoms with Crippen molar-refractivity contribution < 1.29 is 9.53 Å². The van der Waals surface area contributed by atoms with Gasteiger partial charge < -0.3 is 4.74 Å². The number of nitrogens with zero attached hydrogens (tertiary/aromatic N) is 2. The van der Waals surface area contributed by atoms with Gasteiger partial charge in [0.25, 0.3) is 0 Å². The Labute approximate surface area is 143 Å². The van der Waals surface area contributed by atoms with E-state index in [2.05, 4.69) is 5.10 Å². The van der Waals surface area contributed by atoms with Gasteiger partial charge in [-0.3, -0.25) is 4.68 Å². The van der Waals surface area contributed by atoms with Gasteiger partial charge in [-0.2, -0.15) is 5.10 Å². The van der Waals surface area contributed by atoms with Crippen molar-refractivity contribution in [3.05, 3.63) is 63.3 Å². The quantitative estimate of drug-likeness (QED) is 0.655. The predicted molar refractivity (Wildman–Crippen MR) is 91.4 cm³/mol. The summed E-state index contributed by atoms with van der Waals surface area (Å²) in [6.07, 6.45) is 0. The molecule has 0 saturated heterocycles. The summed E-state index contributed by atoms with van der Waals surface area (Å²) >= 11 is 12.2. The number of hydrogen-bond acceptors (Lipinski definition) is 3. The average Bonchev–Trinajstić information content (AvgIpc) is 2.87. The monoisotopic (exact) mass is 348 g/mol. The highest BCUT2D eigenvalue weighted by molar-refractivity contribution is 6.35. The van der Waals surface area contributed by atoms with Crippen LogP contribution in [0.1, 0.15) is 21.6 Å². The Morgan fingerprint density at radius 3 is 2.70 bits per heavy atom. The van der Waals surface area contributed by atoms with E-state index in [1.807, 2.05) is 31.2 Å². The third-order valence-corrected chi connectivity index (χ3v) is 4.21. The van der Waals surface area contributed by atoms with E-state index in [1.165, 1.54) is 7.11 Å². The van der Waals surface area contributed by atoms with Gasteiger partial charge in [0.2, 0.25) is 0 Å². The maximum atomic E-state index is 12.0. The van der Waals surface area contributed by atoms with Crippen molar-refractivity contribution in [2.75, 3.05) is 7.11 Å². The number of fused-ring (bicyclic) bond motifs is 1. The van der Waals surface area contributed by atoms with E-state index in [0.717, 1.165) is 22.0 Å². The van der Waals surface area contributed by atoms with Gasteiger partial charge in [0.15, 0.2) is 5.69 Å². The van der Waals surface area contributed by atoms with Gasteiger partial charge in [-0.05, 0) is 36.8 Å². The Hall–Kier alpha value is -2.04. The van der Waals surface area contributed by atoms with Crippen LogP contribution in [0.25, 0.3) is 10.9 Å². The highest BCUT2D eigenvalue weighted by atomic mass is 35.5. The summed E-state index contributed by atoms with van der Waals surface area (Å²) < 4.78 is 6.58. The molecule has 0 aliphatic rings. The molecule has 1 heterocycles. The number of esters is 1. The summed E-state index contributed by atoms with van der Waals surface area (Å²) in [4.78, 5) is 12.0. The van der Waals surface area contributed by atoms with E-state index >= 15 is 0 Å². The molecule has 1 aromatic heterocycles. The van der Waals surface area contributed by atoms with Crippen molar-refractivity contribution in [3.8, 4) is 0 Å². The molecule has 0 bridgehead atoms. The van der Waals surface area contributed by atoms with E-state index < -0.39 is 5.97 Å². The molecule has 3 aromatic rings. The third-order valence-electron chi connectivity index (χ3n) is 3.62. The first-order valence-corrected chi connectivity index (χ1v) is 7.74. The molecule has 0 unspecified atom stereocenters. The third kappa shape index (κ3) is 3.05. The van der Waals surface area contributed by atoms with Crippen LogP contribution in [0.3, 0.4) is 0 Å². The van der Waals surface area contributed by atoms with Crippen molar-refractivity contribution in [1.29, 1.82) is 0 Å². The second kappa shape index (κ2) is 6.22. The largest absolute Gasteiger partial charge is 0.464 e. The average molecular weight is 349 g/mol. The molecule has 2 aromatic carbocycles. The summed E-state index contributed by atoms with van der Waals surface area (Å²) in [6, 6.07) is 11.2. The molecule has 23 heavy (non-hydrogen) atoms. The van der Waals surface area contributed by atoms with Crippen molar-refractivity contribution >= 4 is 40.1 Å². The smallest absolute Gasteiger partial charge is 0.359 e. The minimum atomic E-state index is -0.457. The highest BCUT2D eigenvalue weighted by Crippen LogP contribution is 2.25. The van der Waals surface area contributed by atoms with E-state index in [4.69, 9.17) is 27.9 Å². The molecule has 0 atom stereocenters. The molecule has 118 valence electrons. The lowest BCUT2D eigenvalue weighted by molar-refractivity contribution is 0.0595. The van der Waals surface area contributed by atoms with Gasteiger partial charge in [-0.15, -0.1) is 0 Å². The number of aromatic nitrogens is 2. The Kier molecular flexibility index (Phi) is 4.28. The Balaban J connectivity index is 2.12. The van der Waals surface area contributed by atoms with Gasteiger partial charge in [-0.1, -0.05) is 40.9 Å². The SMILES string of the molecule is COC(=O)c1nn(Cc2ccc(Cl)cc2Cl)c2ccc(C)cc12. The first-order valence-electron chi connectivity index (χ1n) is 6.99. The molecule has 6 heteroatoms. The zero-order valence-corrected chi connectivity index (χ0v) is 14.1. The normalized spacial score (nSPS) is 11.0. The van der Waals surface area contributed by atoms with Crippen LogP contribution < -0.4 is 0 Å². The van der Waals surface area contributed by atoms with E-state index in [1.54, 1.807) is 16.8 Å². The molecule has 0 fully saturated rings. The number of hydrogen-bond donors (Lipinski definition) is 0. The molecule has 0 spiro atoms. The Bertz CT molecular complexity index is 903. The molecule has 0 radical (unpaired) electrons. The van der Waals surface area contributed by atoms with E-state index in [-0.39, 0.29) is 0 Å². The number of rotatable bonds is 3. The minimum absolute atomic E-state index is 0.302. The first-order chi connectivity index (χ1) is 11.0. The molecule has 0 aliphatic heterocycles. The minimum Gasteiger partial charge on any atom is -0.464 e. The lowest BCUT2D eigenvalue weighted by atomic mass is 10.1. The molecule has 0 amide bonds. The van der Waals surface area contributed by atoms with Crippen molar-refractivity contribution in [2.45, 2.75) is 13.5 Å². The van der Waals surface area contributed by atoms with Gasteiger partial charge >= 0.3 is 5.97 Å². The zero-order valence-electron chi connectivity index (χ0n) is 12.6. The fraction of sp³-hybridized carbons (Fsp3) is 0.176. The summed E-state index contributed by atoms with van der Waals surface area (Å²) in [6.45, 7) is 2.40. The second-order valence-electron chi connectivity index (χ2n) is 5.25. The summed E-state index contributed by atoms with van der Waals surface area (Å²) in [7, 11) is 1.35. The summed E-state index contributed by atoms with van der Waals surface area (Å²) in [5.41, 5.74) is 3.07. The van der Waals surface area contributed by atoms with Crippen molar-refractivity contribution in [3.63, 3.8) is 0 Å². The number of carbonyl (C=O) groups excluding carboxylic acids is 1. The Morgan fingerprint density at radius 2 is 2.00 bits per heavy atom. The number of benzene rings is 2. The number of carbonyl (C=O) groups is 1. The molecular weight excluding hydrogens is 335 g/mol. The highest BCUT2D eigenvalue weighted by Gasteiger charge is 2.18. The molecule has 0 saturated carbocycles. The van der Waals surface area contributed by atoms with E-state index in [9.17, 15) is 4.79 Å². The zero-order chi connectivity index (χ0) is 16.6. The van der Waals surface area contributed by atoms with Crippen LogP contribution in [0.2, 0.25) is 10.0 Å². The van der Waals surface area contributed by atoms with Gasteiger partial charge in [-0.25, -0.2) is 4.79 Å². The fourth-order valence-electron chi connectivity index (χ4n) is 2.47. The van der Waals surface area contributed by atoms with Crippen LogP contribution in [-0.4, -0.2) is 22.9 Å². The molecular formula is C17H14Cl2N2O2. The lowest BCUT2D eigenvalue weighted by Gasteiger charge is -2.06. The number of methoxy groups -OCH3 is 1. The number of halogens is 2. The summed E-state index contributed by atoms with van der Waals surface area (Å²) in [5, 5.41) is 6.32. The second-order valence-corrected chi connectivity index (χ2v) is 6.10. The maximum Gasteiger partial charge on any atom is 0.359 e. The number of ether oxygens (including phenoxy) is 1. The topological polar surface area (TPSA) is 44.1 Å². The molecule has 0 aliphatic carbocycles. The van der Waals surface area contributed by atoms with Crippen LogP contribution in [0, 0.1) is 6.92 Å². The van der Waals surface area contributed by atoms with Gasteiger partial charge in [0.1, 0.15) is 0 Å². The summed E-state index contributed by atoms with van der Waals surface area (Å²) in [5.74, 6) is -0.457. The van der Waals surface area contributed by atoms with Crippen LogP contribution >= 0.6 is 23.2 Å².